The van der Waals surface area contributed by atoms with Gasteiger partial charge in [-0.15, -0.1) is 0 Å². The van der Waals surface area contributed by atoms with E-state index in [2.05, 4.69) is 25.8 Å². The second kappa shape index (κ2) is 7.07. The molecule has 0 aliphatic rings. The maximum Gasteiger partial charge on any atom is 0.286 e. The van der Waals surface area contributed by atoms with Crippen molar-refractivity contribution in [3.05, 3.63) is 36.3 Å². The van der Waals surface area contributed by atoms with Crippen molar-refractivity contribution in [3.8, 4) is 0 Å². The maximum absolute atomic E-state index is 11.5. The van der Waals surface area contributed by atoms with E-state index in [1.807, 2.05) is 0 Å². The van der Waals surface area contributed by atoms with Gasteiger partial charge < -0.3 is 15.1 Å². The molecule has 20 heavy (non-hydrogen) atoms. The second-order valence-electron chi connectivity index (χ2n) is 4.02. The first-order valence-electron chi connectivity index (χ1n) is 6.18. The number of nitrogens with one attached hydrogen (secondary N) is 3. The first-order chi connectivity index (χ1) is 9.75. The summed E-state index contributed by atoms with van der Waals surface area (Å²) in [5.41, 5.74) is 0. The highest BCUT2D eigenvalue weighted by molar-refractivity contribution is 5.91. The molecule has 0 unspecified atom stereocenters. The molecular formula is C12H15N5O3. The molecule has 2 aromatic rings. The smallest absolute Gasteiger partial charge is 0.286 e. The van der Waals surface area contributed by atoms with Gasteiger partial charge >= 0.3 is 0 Å². The lowest BCUT2D eigenvalue weighted by molar-refractivity contribution is -0.120. The van der Waals surface area contributed by atoms with Crippen LogP contribution in [0.2, 0.25) is 0 Å². The summed E-state index contributed by atoms with van der Waals surface area (Å²) in [5, 5.41) is 11.7. The third kappa shape index (κ3) is 4.23. The minimum Gasteiger partial charge on any atom is -0.459 e. The minimum atomic E-state index is -0.329. The van der Waals surface area contributed by atoms with Crippen molar-refractivity contribution >= 4 is 11.8 Å². The molecule has 8 heteroatoms. The summed E-state index contributed by atoms with van der Waals surface area (Å²) in [6.07, 6.45) is 3.64. The van der Waals surface area contributed by atoms with Gasteiger partial charge in [-0.3, -0.25) is 14.7 Å². The van der Waals surface area contributed by atoms with Gasteiger partial charge in [0.15, 0.2) is 5.76 Å². The molecule has 2 heterocycles. The Labute approximate surface area is 115 Å². The number of amides is 2. The van der Waals surface area contributed by atoms with Crippen LogP contribution in [0, 0.1) is 0 Å². The molecule has 2 aromatic heterocycles. The van der Waals surface area contributed by atoms with Crippen LogP contribution >= 0.6 is 0 Å². The standard InChI is InChI=1S/C12H15N5O3/c18-11(13-5-3-10-15-8-16-17-10)4-6-14-12(19)9-2-1-7-20-9/h1-2,7-8H,3-6H2,(H,13,18)(H,14,19)(H,15,16,17). The van der Waals surface area contributed by atoms with Gasteiger partial charge in [0.25, 0.3) is 5.91 Å². The highest BCUT2D eigenvalue weighted by atomic mass is 16.3. The number of nitrogens with zero attached hydrogens (tertiary/aromatic N) is 2. The summed E-state index contributed by atoms with van der Waals surface area (Å²) in [6.45, 7) is 0.730. The molecule has 0 bridgehead atoms. The monoisotopic (exact) mass is 277 g/mol. The molecule has 2 amide bonds. The van der Waals surface area contributed by atoms with Crippen LogP contribution in [-0.2, 0) is 11.2 Å². The third-order valence-corrected chi connectivity index (χ3v) is 2.53. The van der Waals surface area contributed by atoms with Crippen LogP contribution in [0.5, 0.6) is 0 Å². The second-order valence-corrected chi connectivity index (χ2v) is 4.02. The van der Waals surface area contributed by atoms with E-state index in [4.69, 9.17) is 4.42 Å². The third-order valence-electron chi connectivity index (χ3n) is 2.53. The predicted molar refractivity (Wildman–Crippen MR) is 68.8 cm³/mol. The molecule has 106 valence electrons. The van der Waals surface area contributed by atoms with Crippen LogP contribution in [-0.4, -0.2) is 40.1 Å². The number of hydrogen-bond acceptors (Lipinski definition) is 5. The highest BCUT2D eigenvalue weighted by Crippen LogP contribution is 1.98. The lowest BCUT2D eigenvalue weighted by atomic mass is 10.3. The fourth-order valence-corrected chi connectivity index (χ4v) is 1.54. The predicted octanol–water partition coefficient (Wildman–Crippen LogP) is -0.124. The van der Waals surface area contributed by atoms with Crippen molar-refractivity contribution in [1.82, 2.24) is 25.8 Å². The molecule has 2 rings (SSSR count). The summed E-state index contributed by atoms with van der Waals surface area (Å²) < 4.78 is 4.93. The van der Waals surface area contributed by atoms with E-state index in [1.54, 1.807) is 12.1 Å². The van der Waals surface area contributed by atoms with E-state index in [0.29, 0.717) is 13.0 Å². The number of H-pyrrole nitrogens is 1. The van der Waals surface area contributed by atoms with Crippen molar-refractivity contribution in [2.45, 2.75) is 12.8 Å². The number of furan rings is 1. The summed E-state index contributed by atoms with van der Waals surface area (Å²) in [4.78, 5) is 26.9. The molecule has 0 saturated heterocycles. The maximum atomic E-state index is 11.5. The Bertz CT molecular complexity index is 535. The van der Waals surface area contributed by atoms with Gasteiger partial charge in [0, 0.05) is 25.9 Å². The van der Waals surface area contributed by atoms with Gasteiger partial charge in [-0.25, -0.2) is 4.98 Å². The Morgan fingerprint density at radius 1 is 1.30 bits per heavy atom. The van der Waals surface area contributed by atoms with Gasteiger partial charge in [-0.1, -0.05) is 0 Å². The van der Waals surface area contributed by atoms with E-state index in [0.717, 1.165) is 5.82 Å². The van der Waals surface area contributed by atoms with E-state index in [9.17, 15) is 9.59 Å². The molecule has 3 N–H and O–H groups in total. The number of carbonyl (C=O) groups is 2. The number of aromatic nitrogens is 3. The first-order valence-corrected chi connectivity index (χ1v) is 6.18. The zero-order valence-electron chi connectivity index (χ0n) is 10.8. The van der Waals surface area contributed by atoms with Crippen LogP contribution in [0.15, 0.2) is 29.1 Å². The average molecular weight is 277 g/mol. The fraction of sp³-hybridized carbons (Fsp3) is 0.333. The van der Waals surface area contributed by atoms with Crippen molar-refractivity contribution in [3.63, 3.8) is 0 Å². The van der Waals surface area contributed by atoms with Gasteiger partial charge in [0.2, 0.25) is 5.91 Å². The Hall–Kier alpha value is -2.64. The normalized spacial score (nSPS) is 10.2. The lowest BCUT2D eigenvalue weighted by Crippen LogP contribution is -2.31. The summed E-state index contributed by atoms with van der Waals surface area (Å²) in [5.74, 6) is 0.487. The Morgan fingerprint density at radius 3 is 2.90 bits per heavy atom. The summed E-state index contributed by atoms with van der Waals surface area (Å²) in [7, 11) is 0. The number of aromatic amines is 1. The lowest BCUT2D eigenvalue weighted by Gasteiger charge is -2.05. The summed E-state index contributed by atoms with van der Waals surface area (Å²) in [6, 6.07) is 3.19. The molecule has 0 aliphatic heterocycles. The zero-order valence-corrected chi connectivity index (χ0v) is 10.8. The van der Waals surface area contributed by atoms with E-state index in [1.165, 1.54) is 12.6 Å². The number of rotatable bonds is 7. The quantitative estimate of drug-likeness (QED) is 0.653. The van der Waals surface area contributed by atoms with Gasteiger partial charge in [-0.2, -0.15) is 5.10 Å². The van der Waals surface area contributed by atoms with E-state index >= 15 is 0 Å². The molecule has 0 fully saturated rings. The number of hydrogen-bond donors (Lipinski definition) is 3. The van der Waals surface area contributed by atoms with Gasteiger partial charge in [0.05, 0.1) is 6.26 Å². The first kappa shape index (κ1) is 13.8. The Kier molecular flexibility index (Phi) is 4.87. The fourth-order valence-electron chi connectivity index (χ4n) is 1.54. The van der Waals surface area contributed by atoms with Crippen molar-refractivity contribution < 1.29 is 14.0 Å². The molecule has 0 saturated carbocycles. The molecule has 0 aromatic carbocycles. The molecule has 0 spiro atoms. The molecule has 8 nitrogen and oxygen atoms in total. The van der Waals surface area contributed by atoms with Crippen LogP contribution < -0.4 is 10.6 Å². The highest BCUT2D eigenvalue weighted by Gasteiger charge is 2.08. The SMILES string of the molecule is O=C(CCNC(=O)c1ccco1)NCCc1ncn[nH]1. The topological polar surface area (TPSA) is 113 Å². The molecule has 0 aliphatic carbocycles. The van der Waals surface area contributed by atoms with Crippen LogP contribution in [0.25, 0.3) is 0 Å². The Balaban J connectivity index is 1.57. The minimum absolute atomic E-state index is 0.135. The van der Waals surface area contributed by atoms with Gasteiger partial charge in [-0.05, 0) is 12.1 Å². The molecule has 0 atom stereocenters. The zero-order chi connectivity index (χ0) is 14.2. The van der Waals surface area contributed by atoms with Crippen molar-refractivity contribution in [1.29, 1.82) is 0 Å². The van der Waals surface area contributed by atoms with Crippen LogP contribution in [0.3, 0.4) is 0 Å². The average Bonchev–Trinajstić information content (AvgIpc) is 3.12. The largest absolute Gasteiger partial charge is 0.459 e. The molecular weight excluding hydrogens is 262 g/mol. The number of carbonyl (C=O) groups excluding carboxylic acids is 2. The Morgan fingerprint density at radius 2 is 2.20 bits per heavy atom. The molecule has 0 radical (unpaired) electrons. The van der Waals surface area contributed by atoms with Crippen LogP contribution in [0.1, 0.15) is 22.8 Å². The van der Waals surface area contributed by atoms with E-state index in [-0.39, 0.29) is 30.5 Å². The van der Waals surface area contributed by atoms with E-state index < -0.39 is 0 Å². The van der Waals surface area contributed by atoms with Crippen molar-refractivity contribution in [2.75, 3.05) is 13.1 Å². The van der Waals surface area contributed by atoms with Crippen molar-refractivity contribution in [2.24, 2.45) is 0 Å². The van der Waals surface area contributed by atoms with Crippen LogP contribution in [0.4, 0.5) is 0 Å². The summed E-state index contributed by atoms with van der Waals surface area (Å²) >= 11 is 0. The van der Waals surface area contributed by atoms with Gasteiger partial charge in [0.1, 0.15) is 12.2 Å².